The number of rotatable bonds is 7. The Balaban J connectivity index is 1.49. The summed E-state index contributed by atoms with van der Waals surface area (Å²) in [5.41, 5.74) is 0.327. The van der Waals surface area contributed by atoms with Gasteiger partial charge in [-0.1, -0.05) is 6.07 Å². The molecule has 0 aliphatic carbocycles. The summed E-state index contributed by atoms with van der Waals surface area (Å²) in [7, 11) is 3.28. The number of benzene rings is 1. The second-order valence-electron chi connectivity index (χ2n) is 7.59. The summed E-state index contributed by atoms with van der Waals surface area (Å²) in [5.74, 6) is 2.38. The van der Waals surface area contributed by atoms with Crippen molar-refractivity contribution in [1.82, 2.24) is 9.80 Å². The van der Waals surface area contributed by atoms with Crippen LogP contribution in [-0.2, 0) is 4.79 Å². The molecule has 3 rings (SSSR count). The zero-order chi connectivity index (χ0) is 19.3. The first-order chi connectivity index (χ1) is 13.1. The normalized spacial score (nSPS) is 20.0. The van der Waals surface area contributed by atoms with Crippen molar-refractivity contribution < 1.29 is 19.0 Å². The Kier molecular flexibility index (Phi) is 6.47. The van der Waals surface area contributed by atoms with Crippen LogP contribution in [-0.4, -0.2) is 69.3 Å². The van der Waals surface area contributed by atoms with Gasteiger partial charge < -0.3 is 19.1 Å². The lowest BCUT2D eigenvalue weighted by atomic mass is 9.72. The standard InChI is InChI=1S/C21H32N2O4/c1-4-23-16-21(9-8-19(23)24)10-12-22(13-11-21)14-15-27-20-17(25-2)6-5-7-18(20)26-3/h5-7H,4,8-16H2,1-3H3. The molecule has 0 unspecified atom stereocenters. The number of para-hydroxylation sites is 1. The number of methoxy groups -OCH3 is 2. The van der Waals surface area contributed by atoms with Crippen molar-refractivity contribution in [2.45, 2.75) is 32.6 Å². The highest BCUT2D eigenvalue weighted by Gasteiger charge is 2.40. The Morgan fingerprint density at radius 1 is 1.07 bits per heavy atom. The van der Waals surface area contributed by atoms with Crippen LogP contribution in [0.4, 0.5) is 0 Å². The summed E-state index contributed by atoms with van der Waals surface area (Å²) in [6.07, 6.45) is 4.08. The third kappa shape index (κ3) is 4.49. The Morgan fingerprint density at radius 2 is 1.74 bits per heavy atom. The number of piperidine rings is 2. The van der Waals surface area contributed by atoms with Gasteiger partial charge in [0.1, 0.15) is 6.61 Å². The van der Waals surface area contributed by atoms with Crippen molar-refractivity contribution in [3.05, 3.63) is 18.2 Å². The maximum atomic E-state index is 12.0. The average Bonchev–Trinajstić information content (AvgIpc) is 2.71. The third-order valence-corrected chi connectivity index (χ3v) is 6.08. The van der Waals surface area contributed by atoms with Gasteiger partial charge in [-0.2, -0.15) is 0 Å². The molecule has 2 aliphatic heterocycles. The molecule has 0 saturated carbocycles. The summed E-state index contributed by atoms with van der Waals surface area (Å²) < 4.78 is 16.8. The predicted octanol–water partition coefficient (Wildman–Crippen LogP) is 2.81. The molecule has 1 amide bonds. The molecule has 1 aromatic rings. The van der Waals surface area contributed by atoms with Gasteiger partial charge >= 0.3 is 0 Å². The minimum Gasteiger partial charge on any atom is -0.493 e. The second kappa shape index (κ2) is 8.83. The number of nitrogens with zero attached hydrogens (tertiary/aromatic N) is 2. The number of hydrogen-bond donors (Lipinski definition) is 0. The molecule has 0 radical (unpaired) electrons. The summed E-state index contributed by atoms with van der Waals surface area (Å²) in [6, 6.07) is 5.65. The second-order valence-corrected chi connectivity index (χ2v) is 7.59. The Bertz CT molecular complexity index is 619. The van der Waals surface area contributed by atoms with Crippen molar-refractivity contribution in [3.8, 4) is 17.2 Å². The zero-order valence-corrected chi connectivity index (χ0v) is 16.8. The summed E-state index contributed by atoms with van der Waals surface area (Å²) in [4.78, 5) is 16.5. The van der Waals surface area contributed by atoms with Gasteiger partial charge in [-0.3, -0.25) is 9.69 Å². The molecule has 27 heavy (non-hydrogen) atoms. The van der Waals surface area contributed by atoms with E-state index in [1.54, 1.807) is 14.2 Å². The van der Waals surface area contributed by atoms with Gasteiger partial charge in [-0.15, -0.1) is 0 Å². The molecule has 6 nitrogen and oxygen atoms in total. The molecule has 0 atom stereocenters. The van der Waals surface area contributed by atoms with E-state index in [1.807, 2.05) is 23.1 Å². The van der Waals surface area contributed by atoms with E-state index < -0.39 is 0 Å². The fourth-order valence-corrected chi connectivity index (χ4v) is 4.29. The van der Waals surface area contributed by atoms with Crippen LogP contribution < -0.4 is 14.2 Å². The lowest BCUT2D eigenvalue weighted by Gasteiger charge is -2.47. The summed E-state index contributed by atoms with van der Waals surface area (Å²) >= 11 is 0. The quantitative estimate of drug-likeness (QED) is 0.732. The molecule has 1 aromatic carbocycles. The molecule has 0 aromatic heterocycles. The molecule has 2 fully saturated rings. The van der Waals surface area contributed by atoms with Crippen molar-refractivity contribution in [3.63, 3.8) is 0 Å². The minimum atomic E-state index is 0.324. The van der Waals surface area contributed by atoms with Crippen LogP contribution in [0, 0.1) is 5.41 Å². The molecule has 0 bridgehead atoms. The van der Waals surface area contributed by atoms with Crippen molar-refractivity contribution in [2.24, 2.45) is 5.41 Å². The van der Waals surface area contributed by atoms with Crippen LogP contribution in [0.1, 0.15) is 32.6 Å². The molecule has 1 spiro atoms. The Labute approximate surface area is 162 Å². The summed E-state index contributed by atoms with van der Waals surface area (Å²) in [5, 5.41) is 0. The van der Waals surface area contributed by atoms with E-state index in [-0.39, 0.29) is 0 Å². The average molecular weight is 376 g/mol. The highest BCUT2D eigenvalue weighted by Crippen LogP contribution is 2.40. The maximum absolute atomic E-state index is 12.0. The van der Waals surface area contributed by atoms with Gasteiger partial charge in [0.05, 0.1) is 14.2 Å². The van der Waals surface area contributed by atoms with Crippen LogP contribution in [0.25, 0.3) is 0 Å². The van der Waals surface area contributed by atoms with Crippen LogP contribution in [0.3, 0.4) is 0 Å². The number of carbonyl (C=O) groups excluding carboxylic acids is 1. The molecular weight excluding hydrogens is 344 g/mol. The van der Waals surface area contributed by atoms with Gasteiger partial charge in [0, 0.05) is 26.1 Å². The van der Waals surface area contributed by atoms with Gasteiger partial charge in [0.2, 0.25) is 11.7 Å². The SMILES string of the molecule is CCN1CC2(CCC1=O)CCN(CCOc1c(OC)cccc1OC)CC2. The molecule has 2 heterocycles. The molecule has 2 saturated heterocycles. The topological polar surface area (TPSA) is 51.2 Å². The van der Waals surface area contributed by atoms with Gasteiger partial charge in [0.15, 0.2) is 11.5 Å². The van der Waals surface area contributed by atoms with Crippen molar-refractivity contribution in [1.29, 1.82) is 0 Å². The van der Waals surface area contributed by atoms with E-state index in [0.29, 0.717) is 41.6 Å². The first-order valence-electron chi connectivity index (χ1n) is 9.95. The molecule has 150 valence electrons. The third-order valence-electron chi connectivity index (χ3n) is 6.08. The lowest BCUT2D eigenvalue weighted by Crippen LogP contribution is -2.51. The largest absolute Gasteiger partial charge is 0.493 e. The maximum Gasteiger partial charge on any atom is 0.222 e. The van der Waals surface area contributed by atoms with E-state index in [9.17, 15) is 4.79 Å². The van der Waals surface area contributed by atoms with Crippen molar-refractivity contribution in [2.75, 3.05) is 53.6 Å². The van der Waals surface area contributed by atoms with Crippen LogP contribution in [0.2, 0.25) is 0 Å². The number of likely N-dealkylation sites (tertiary alicyclic amines) is 2. The molecule has 6 heteroatoms. The molecule has 0 N–H and O–H groups in total. The number of amides is 1. The smallest absolute Gasteiger partial charge is 0.222 e. The highest BCUT2D eigenvalue weighted by molar-refractivity contribution is 5.77. The first kappa shape index (κ1) is 19.8. The van der Waals surface area contributed by atoms with E-state index >= 15 is 0 Å². The fraction of sp³-hybridized carbons (Fsp3) is 0.667. The molecule has 2 aliphatic rings. The van der Waals surface area contributed by atoms with Crippen LogP contribution in [0.15, 0.2) is 18.2 Å². The minimum absolute atomic E-state index is 0.324. The lowest BCUT2D eigenvalue weighted by molar-refractivity contribution is -0.138. The number of ether oxygens (including phenoxy) is 3. The van der Waals surface area contributed by atoms with Gasteiger partial charge in [-0.05, 0) is 56.8 Å². The van der Waals surface area contributed by atoms with E-state index in [2.05, 4.69) is 11.8 Å². The zero-order valence-electron chi connectivity index (χ0n) is 16.8. The fourth-order valence-electron chi connectivity index (χ4n) is 4.29. The van der Waals surface area contributed by atoms with E-state index in [0.717, 1.165) is 52.0 Å². The number of hydrogen-bond acceptors (Lipinski definition) is 5. The highest BCUT2D eigenvalue weighted by atomic mass is 16.5. The Morgan fingerprint density at radius 3 is 2.33 bits per heavy atom. The number of carbonyl (C=O) groups is 1. The van der Waals surface area contributed by atoms with Gasteiger partial charge in [0.25, 0.3) is 0 Å². The first-order valence-corrected chi connectivity index (χ1v) is 9.95. The van der Waals surface area contributed by atoms with Crippen LogP contribution >= 0.6 is 0 Å². The predicted molar refractivity (Wildman–Crippen MR) is 105 cm³/mol. The Hall–Kier alpha value is -1.95. The monoisotopic (exact) mass is 376 g/mol. The van der Waals surface area contributed by atoms with E-state index in [1.165, 1.54) is 0 Å². The van der Waals surface area contributed by atoms with E-state index in [4.69, 9.17) is 14.2 Å². The van der Waals surface area contributed by atoms with Gasteiger partial charge in [-0.25, -0.2) is 0 Å². The molecular formula is C21H32N2O4. The van der Waals surface area contributed by atoms with Crippen molar-refractivity contribution >= 4 is 5.91 Å². The van der Waals surface area contributed by atoms with Crippen LogP contribution in [0.5, 0.6) is 17.2 Å². The summed E-state index contributed by atoms with van der Waals surface area (Å²) in [6.45, 7) is 7.47.